The summed E-state index contributed by atoms with van der Waals surface area (Å²) < 4.78 is 11.0. The molecule has 0 fully saturated rings. The Morgan fingerprint density at radius 2 is 1.88 bits per heavy atom. The molecule has 25 heavy (non-hydrogen) atoms. The molecule has 0 saturated carbocycles. The molecular formula is C18H19BrN2O4. The van der Waals surface area contributed by atoms with Crippen LogP contribution in [-0.4, -0.2) is 25.1 Å². The van der Waals surface area contributed by atoms with Crippen molar-refractivity contribution in [1.82, 2.24) is 5.32 Å². The summed E-state index contributed by atoms with van der Waals surface area (Å²) in [5, 5.41) is 2.72. The molecule has 0 radical (unpaired) electrons. The highest BCUT2D eigenvalue weighted by molar-refractivity contribution is 9.10. The van der Waals surface area contributed by atoms with E-state index in [1.165, 1.54) is 6.92 Å². The quantitative estimate of drug-likeness (QED) is 0.568. The van der Waals surface area contributed by atoms with Crippen LogP contribution in [0, 0.1) is 0 Å². The first-order valence-electron chi connectivity index (χ1n) is 7.57. The predicted molar refractivity (Wildman–Crippen MR) is 98.3 cm³/mol. The van der Waals surface area contributed by atoms with Gasteiger partial charge in [-0.05, 0) is 42.8 Å². The summed E-state index contributed by atoms with van der Waals surface area (Å²) in [7, 11) is 1.59. The van der Waals surface area contributed by atoms with Crippen LogP contribution in [0.5, 0.6) is 5.75 Å². The summed E-state index contributed by atoms with van der Waals surface area (Å²) in [6, 6.07) is 12.2. The van der Waals surface area contributed by atoms with E-state index in [1.807, 2.05) is 12.1 Å². The lowest BCUT2D eigenvalue weighted by Crippen LogP contribution is -2.35. The van der Waals surface area contributed by atoms with Crippen LogP contribution in [0.1, 0.15) is 22.8 Å². The number of rotatable bonds is 6. The number of nitrogen functional groups attached to an aromatic ring is 1. The molecule has 0 unspecified atom stereocenters. The number of carbonyl (C=O) groups is 2. The molecule has 0 heterocycles. The number of hydrogen-bond acceptors (Lipinski definition) is 5. The number of anilines is 1. The van der Waals surface area contributed by atoms with Gasteiger partial charge in [0, 0.05) is 16.7 Å². The minimum Gasteiger partial charge on any atom is -0.497 e. The molecule has 1 amide bonds. The molecule has 3 N–H and O–H groups in total. The fourth-order valence-corrected chi connectivity index (χ4v) is 2.42. The van der Waals surface area contributed by atoms with E-state index in [9.17, 15) is 9.59 Å². The Hall–Kier alpha value is -2.54. The lowest BCUT2D eigenvalue weighted by Gasteiger charge is -2.14. The van der Waals surface area contributed by atoms with Crippen molar-refractivity contribution in [3.8, 4) is 5.75 Å². The number of benzene rings is 2. The molecule has 132 valence electrons. The number of nitrogens with two attached hydrogens (primary N) is 1. The number of amides is 1. The molecule has 2 rings (SSSR count). The summed E-state index contributed by atoms with van der Waals surface area (Å²) in [5.74, 6) is -0.299. The van der Waals surface area contributed by atoms with Gasteiger partial charge in [-0.15, -0.1) is 0 Å². The minimum absolute atomic E-state index is 0.212. The second-order valence-corrected chi connectivity index (χ2v) is 6.26. The van der Waals surface area contributed by atoms with E-state index in [-0.39, 0.29) is 5.56 Å². The Balaban J connectivity index is 1.90. The predicted octanol–water partition coefficient (Wildman–Crippen LogP) is 2.90. The minimum atomic E-state index is -0.941. The number of hydrogen-bond donors (Lipinski definition) is 2. The van der Waals surface area contributed by atoms with E-state index >= 15 is 0 Å². The Morgan fingerprint density at radius 3 is 2.52 bits per heavy atom. The van der Waals surface area contributed by atoms with Crippen LogP contribution in [0.4, 0.5) is 5.69 Å². The SMILES string of the molecule is COc1ccc(CNC(=O)[C@@H](C)OC(=O)c2cc(Br)ccc2N)cc1. The van der Waals surface area contributed by atoms with Gasteiger partial charge in [-0.2, -0.15) is 0 Å². The van der Waals surface area contributed by atoms with Crippen molar-refractivity contribution >= 4 is 33.5 Å². The van der Waals surface area contributed by atoms with Crippen LogP contribution in [0.25, 0.3) is 0 Å². The number of esters is 1. The van der Waals surface area contributed by atoms with E-state index < -0.39 is 18.0 Å². The third kappa shape index (κ3) is 5.22. The lowest BCUT2D eigenvalue weighted by atomic mass is 10.2. The molecule has 2 aromatic carbocycles. The van der Waals surface area contributed by atoms with E-state index in [4.69, 9.17) is 15.2 Å². The van der Waals surface area contributed by atoms with Gasteiger partial charge in [0.05, 0.1) is 12.7 Å². The highest BCUT2D eigenvalue weighted by atomic mass is 79.9. The van der Waals surface area contributed by atoms with Gasteiger partial charge in [0.15, 0.2) is 6.10 Å². The third-order valence-corrected chi connectivity index (χ3v) is 4.01. The van der Waals surface area contributed by atoms with E-state index in [0.29, 0.717) is 16.7 Å². The molecular weight excluding hydrogens is 388 g/mol. The maximum Gasteiger partial charge on any atom is 0.341 e. The zero-order chi connectivity index (χ0) is 18.4. The van der Waals surface area contributed by atoms with Crippen molar-refractivity contribution in [3.05, 3.63) is 58.1 Å². The molecule has 7 heteroatoms. The molecule has 6 nitrogen and oxygen atoms in total. The first-order chi connectivity index (χ1) is 11.9. The van der Waals surface area contributed by atoms with Crippen molar-refractivity contribution in [2.75, 3.05) is 12.8 Å². The van der Waals surface area contributed by atoms with Gasteiger partial charge in [0.2, 0.25) is 0 Å². The smallest absolute Gasteiger partial charge is 0.341 e. The average molecular weight is 407 g/mol. The van der Waals surface area contributed by atoms with Crippen molar-refractivity contribution in [2.24, 2.45) is 0 Å². The number of carbonyl (C=O) groups excluding carboxylic acids is 2. The van der Waals surface area contributed by atoms with Crippen LogP contribution >= 0.6 is 15.9 Å². The molecule has 0 saturated heterocycles. The zero-order valence-corrected chi connectivity index (χ0v) is 15.5. The highest BCUT2D eigenvalue weighted by Crippen LogP contribution is 2.19. The second-order valence-electron chi connectivity index (χ2n) is 5.34. The Morgan fingerprint density at radius 1 is 1.20 bits per heavy atom. The molecule has 0 aromatic heterocycles. The summed E-state index contributed by atoms with van der Waals surface area (Å²) in [6.45, 7) is 1.83. The molecule has 0 aliphatic carbocycles. The number of halogens is 1. The largest absolute Gasteiger partial charge is 0.497 e. The van der Waals surface area contributed by atoms with Gasteiger partial charge in [0.1, 0.15) is 5.75 Å². The molecule has 0 spiro atoms. The van der Waals surface area contributed by atoms with Gasteiger partial charge in [-0.3, -0.25) is 4.79 Å². The molecule has 0 bridgehead atoms. The zero-order valence-electron chi connectivity index (χ0n) is 13.9. The summed E-state index contributed by atoms with van der Waals surface area (Å²) in [5.41, 5.74) is 7.18. The molecule has 0 aliphatic heterocycles. The van der Waals surface area contributed by atoms with E-state index in [2.05, 4.69) is 21.2 Å². The monoisotopic (exact) mass is 406 g/mol. The summed E-state index contributed by atoms with van der Waals surface area (Å²) >= 11 is 3.27. The van der Waals surface area contributed by atoms with Crippen LogP contribution < -0.4 is 15.8 Å². The highest BCUT2D eigenvalue weighted by Gasteiger charge is 2.20. The van der Waals surface area contributed by atoms with Gasteiger partial charge < -0.3 is 20.5 Å². The van der Waals surface area contributed by atoms with E-state index in [1.54, 1.807) is 37.4 Å². The van der Waals surface area contributed by atoms with Crippen LogP contribution in [0.3, 0.4) is 0 Å². The standard InChI is InChI=1S/C18H19BrN2O4/c1-11(25-18(23)15-9-13(19)5-8-16(15)20)17(22)21-10-12-3-6-14(24-2)7-4-12/h3-9,11H,10,20H2,1-2H3,(H,21,22)/t11-/m1/s1. The molecule has 2 aromatic rings. The second kappa shape index (κ2) is 8.53. The van der Waals surface area contributed by atoms with Gasteiger partial charge in [-0.1, -0.05) is 28.1 Å². The summed E-state index contributed by atoms with van der Waals surface area (Å²) in [6.07, 6.45) is -0.941. The fourth-order valence-electron chi connectivity index (χ4n) is 2.06. The maximum atomic E-state index is 12.2. The summed E-state index contributed by atoms with van der Waals surface area (Å²) in [4.78, 5) is 24.3. The van der Waals surface area contributed by atoms with Gasteiger partial charge in [-0.25, -0.2) is 4.79 Å². The Labute approximate surface area is 154 Å². The first-order valence-corrected chi connectivity index (χ1v) is 8.36. The van der Waals surface area contributed by atoms with Crippen LogP contribution in [-0.2, 0) is 16.1 Å². The maximum absolute atomic E-state index is 12.2. The van der Waals surface area contributed by atoms with E-state index in [0.717, 1.165) is 11.3 Å². The van der Waals surface area contributed by atoms with Crippen LogP contribution in [0.15, 0.2) is 46.9 Å². The lowest BCUT2D eigenvalue weighted by molar-refractivity contribution is -0.129. The average Bonchev–Trinajstić information content (AvgIpc) is 2.61. The molecule has 1 atom stereocenters. The molecule has 0 aliphatic rings. The van der Waals surface area contributed by atoms with Gasteiger partial charge in [0.25, 0.3) is 5.91 Å². The Bertz CT molecular complexity index is 762. The normalized spacial score (nSPS) is 11.5. The third-order valence-electron chi connectivity index (χ3n) is 3.51. The van der Waals surface area contributed by atoms with Crippen molar-refractivity contribution in [3.63, 3.8) is 0 Å². The number of nitrogens with one attached hydrogen (secondary N) is 1. The fraction of sp³-hybridized carbons (Fsp3) is 0.222. The van der Waals surface area contributed by atoms with Gasteiger partial charge >= 0.3 is 5.97 Å². The van der Waals surface area contributed by atoms with Crippen molar-refractivity contribution in [2.45, 2.75) is 19.6 Å². The van der Waals surface area contributed by atoms with Crippen molar-refractivity contribution in [1.29, 1.82) is 0 Å². The Kier molecular flexibility index (Phi) is 6.41. The number of ether oxygens (including phenoxy) is 2. The van der Waals surface area contributed by atoms with Crippen LogP contribution in [0.2, 0.25) is 0 Å². The van der Waals surface area contributed by atoms with Crippen molar-refractivity contribution < 1.29 is 19.1 Å². The first kappa shape index (κ1) is 18.8. The number of methoxy groups -OCH3 is 1. The topological polar surface area (TPSA) is 90.6 Å².